The molecule has 0 fully saturated rings. The molecule has 1 atom stereocenters. The monoisotopic (exact) mass is 359 g/mol. The lowest BCUT2D eigenvalue weighted by Gasteiger charge is -2.15. The van der Waals surface area contributed by atoms with Crippen LogP contribution in [0, 0.1) is 0 Å². The Kier molecular flexibility index (Phi) is 5.38. The number of carbonyl (C=O) groups is 2. The number of benzene rings is 1. The summed E-state index contributed by atoms with van der Waals surface area (Å²) in [6.07, 6.45) is 2.16. The maximum Gasteiger partial charge on any atom is 0.341 e. The first kappa shape index (κ1) is 17.5. The standard InChI is InChI=1S/C19H21NO4S/c1-3-23-19(22)16-14-10-7-11-15(14)25-18(16)20-17(21)12(2)24-13-8-5-4-6-9-13/h4-6,8-9,12H,3,7,10-11H2,1-2H3,(H,20,21)/t12-/m1/s1. The van der Waals surface area contributed by atoms with Gasteiger partial charge >= 0.3 is 5.97 Å². The van der Waals surface area contributed by atoms with Gasteiger partial charge in [0.1, 0.15) is 10.8 Å². The van der Waals surface area contributed by atoms with E-state index in [4.69, 9.17) is 9.47 Å². The van der Waals surface area contributed by atoms with Gasteiger partial charge in [-0.25, -0.2) is 4.79 Å². The van der Waals surface area contributed by atoms with Crippen LogP contribution in [0.15, 0.2) is 30.3 Å². The van der Waals surface area contributed by atoms with Crippen LogP contribution in [-0.2, 0) is 22.4 Å². The van der Waals surface area contributed by atoms with E-state index in [2.05, 4.69) is 5.32 Å². The minimum absolute atomic E-state index is 0.283. The number of hydrogen-bond acceptors (Lipinski definition) is 5. The second kappa shape index (κ2) is 7.70. The SMILES string of the molecule is CCOC(=O)c1c(NC(=O)[C@@H](C)Oc2ccccc2)sc2c1CCC2. The fraction of sp³-hybridized carbons (Fsp3) is 0.368. The van der Waals surface area contributed by atoms with Crippen molar-refractivity contribution < 1.29 is 19.1 Å². The third-order valence-electron chi connectivity index (χ3n) is 4.06. The van der Waals surface area contributed by atoms with Gasteiger partial charge in [-0.05, 0) is 50.8 Å². The number of esters is 1. The molecule has 1 heterocycles. The highest BCUT2D eigenvalue weighted by Gasteiger charge is 2.29. The normalized spacial score (nSPS) is 13.8. The lowest BCUT2D eigenvalue weighted by molar-refractivity contribution is -0.122. The Morgan fingerprint density at radius 1 is 1.24 bits per heavy atom. The van der Waals surface area contributed by atoms with Crippen LogP contribution >= 0.6 is 11.3 Å². The smallest absolute Gasteiger partial charge is 0.341 e. The molecule has 25 heavy (non-hydrogen) atoms. The second-order valence-corrected chi connectivity index (χ2v) is 6.95. The van der Waals surface area contributed by atoms with Crippen LogP contribution < -0.4 is 10.1 Å². The number of amides is 1. The quantitative estimate of drug-likeness (QED) is 0.797. The zero-order valence-corrected chi connectivity index (χ0v) is 15.2. The third-order valence-corrected chi connectivity index (χ3v) is 5.27. The summed E-state index contributed by atoms with van der Waals surface area (Å²) < 4.78 is 10.8. The van der Waals surface area contributed by atoms with E-state index in [0.717, 1.165) is 29.7 Å². The first-order chi connectivity index (χ1) is 12.1. The summed E-state index contributed by atoms with van der Waals surface area (Å²) in [5, 5.41) is 3.42. The topological polar surface area (TPSA) is 64.6 Å². The summed E-state index contributed by atoms with van der Waals surface area (Å²) in [7, 11) is 0. The van der Waals surface area contributed by atoms with Crippen molar-refractivity contribution in [2.24, 2.45) is 0 Å². The van der Waals surface area contributed by atoms with Crippen molar-refractivity contribution in [3.8, 4) is 5.75 Å². The Labute approximate surface area is 151 Å². The van der Waals surface area contributed by atoms with Crippen LogP contribution in [0.3, 0.4) is 0 Å². The van der Waals surface area contributed by atoms with Gasteiger partial charge in [0.2, 0.25) is 0 Å². The number of para-hydroxylation sites is 1. The Morgan fingerprint density at radius 2 is 2.00 bits per heavy atom. The van der Waals surface area contributed by atoms with Crippen LogP contribution in [-0.4, -0.2) is 24.6 Å². The van der Waals surface area contributed by atoms with E-state index in [1.54, 1.807) is 26.0 Å². The molecule has 1 aromatic heterocycles. The van der Waals surface area contributed by atoms with Crippen molar-refractivity contribution in [2.75, 3.05) is 11.9 Å². The maximum absolute atomic E-state index is 12.5. The minimum Gasteiger partial charge on any atom is -0.481 e. The number of nitrogens with one attached hydrogen (secondary N) is 1. The minimum atomic E-state index is -0.672. The van der Waals surface area contributed by atoms with Crippen LogP contribution in [0.25, 0.3) is 0 Å². The Balaban J connectivity index is 1.76. The van der Waals surface area contributed by atoms with Gasteiger partial charge < -0.3 is 14.8 Å². The van der Waals surface area contributed by atoms with Crippen LogP contribution in [0.2, 0.25) is 0 Å². The van der Waals surface area contributed by atoms with E-state index in [1.165, 1.54) is 11.3 Å². The number of ether oxygens (including phenoxy) is 2. The van der Waals surface area contributed by atoms with Crippen molar-refractivity contribution in [2.45, 2.75) is 39.2 Å². The number of aryl methyl sites for hydroxylation is 1. The predicted molar refractivity (Wildman–Crippen MR) is 97.5 cm³/mol. The van der Waals surface area contributed by atoms with E-state index in [1.807, 2.05) is 18.2 Å². The molecular formula is C19H21NO4S. The number of carbonyl (C=O) groups excluding carboxylic acids is 2. The highest BCUT2D eigenvalue weighted by Crippen LogP contribution is 2.39. The predicted octanol–water partition coefficient (Wildman–Crippen LogP) is 3.82. The summed E-state index contributed by atoms with van der Waals surface area (Å²) in [5.41, 5.74) is 1.54. The average Bonchev–Trinajstić information content (AvgIpc) is 3.16. The van der Waals surface area contributed by atoms with Crippen LogP contribution in [0.1, 0.15) is 41.1 Å². The number of rotatable bonds is 6. The first-order valence-corrected chi connectivity index (χ1v) is 9.26. The molecule has 0 saturated carbocycles. The van der Waals surface area contributed by atoms with Crippen molar-refractivity contribution in [1.29, 1.82) is 0 Å². The van der Waals surface area contributed by atoms with Gasteiger partial charge in [0.05, 0.1) is 12.2 Å². The first-order valence-electron chi connectivity index (χ1n) is 8.44. The highest BCUT2D eigenvalue weighted by atomic mass is 32.1. The van der Waals surface area contributed by atoms with Gasteiger partial charge in [0.15, 0.2) is 6.10 Å². The fourth-order valence-corrected chi connectivity index (χ4v) is 4.16. The van der Waals surface area contributed by atoms with Crippen LogP contribution in [0.4, 0.5) is 5.00 Å². The molecule has 2 aromatic rings. The van der Waals surface area contributed by atoms with E-state index in [0.29, 0.717) is 22.9 Å². The molecule has 0 unspecified atom stereocenters. The van der Waals surface area contributed by atoms with Crippen LogP contribution in [0.5, 0.6) is 5.75 Å². The summed E-state index contributed by atoms with van der Waals surface area (Å²) in [5.74, 6) is -0.0207. The van der Waals surface area contributed by atoms with Crippen molar-refractivity contribution in [1.82, 2.24) is 0 Å². The molecule has 1 aliphatic rings. The van der Waals surface area contributed by atoms with E-state index in [9.17, 15) is 9.59 Å². The lowest BCUT2D eigenvalue weighted by Crippen LogP contribution is -2.30. The maximum atomic E-state index is 12.5. The number of thiophene rings is 1. The molecule has 0 radical (unpaired) electrons. The average molecular weight is 359 g/mol. The second-order valence-electron chi connectivity index (χ2n) is 5.84. The number of fused-ring (bicyclic) bond motifs is 1. The number of hydrogen-bond donors (Lipinski definition) is 1. The van der Waals surface area contributed by atoms with E-state index >= 15 is 0 Å². The summed E-state index contributed by atoms with van der Waals surface area (Å²) in [6.45, 7) is 3.77. The molecule has 1 aliphatic carbocycles. The molecule has 1 amide bonds. The number of anilines is 1. The van der Waals surface area contributed by atoms with E-state index in [-0.39, 0.29) is 11.9 Å². The van der Waals surface area contributed by atoms with E-state index < -0.39 is 6.10 Å². The molecular weight excluding hydrogens is 338 g/mol. The summed E-state index contributed by atoms with van der Waals surface area (Å²) in [6, 6.07) is 9.18. The lowest BCUT2D eigenvalue weighted by atomic mass is 10.1. The summed E-state index contributed by atoms with van der Waals surface area (Å²) in [4.78, 5) is 26.0. The zero-order valence-electron chi connectivity index (χ0n) is 14.3. The fourth-order valence-electron chi connectivity index (χ4n) is 2.88. The Hall–Kier alpha value is -2.34. The highest BCUT2D eigenvalue weighted by molar-refractivity contribution is 7.17. The van der Waals surface area contributed by atoms with Crippen molar-refractivity contribution in [3.05, 3.63) is 46.3 Å². The van der Waals surface area contributed by atoms with Gasteiger partial charge in [0, 0.05) is 4.88 Å². The molecule has 0 aliphatic heterocycles. The molecule has 1 aromatic carbocycles. The van der Waals surface area contributed by atoms with Gasteiger partial charge in [-0.15, -0.1) is 11.3 Å². The van der Waals surface area contributed by atoms with Crippen molar-refractivity contribution >= 4 is 28.2 Å². The van der Waals surface area contributed by atoms with Gasteiger partial charge in [-0.2, -0.15) is 0 Å². The molecule has 0 bridgehead atoms. The molecule has 5 nitrogen and oxygen atoms in total. The molecule has 1 N–H and O–H groups in total. The summed E-state index contributed by atoms with van der Waals surface area (Å²) >= 11 is 1.47. The molecule has 3 rings (SSSR count). The zero-order chi connectivity index (χ0) is 17.8. The van der Waals surface area contributed by atoms with Gasteiger partial charge in [-0.3, -0.25) is 4.79 Å². The molecule has 132 valence electrons. The molecule has 0 saturated heterocycles. The molecule has 6 heteroatoms. The molecule has 0 spiro atoms. The largest absolute Gasteiger partial charge is 0.481 e. The Morgan fingerprint density at radius 3 is 2.72 bits per heavy atom. The van der Waals surface area contributed by atoms with Gasteiger partial charge in [-0.1, -0.05) is 18.2 Å². The van der Waals surface area contributed by atoms with Gasteiger partial charge in [0.25, 0.3) is 5.91 Å². The van der Waals surface area contributed by atoms with Crippen molar-refractivity contribution in [3.63, 3.8) is 0 Å². The third kappa shape index (κ3) is 3.85. The Bertz CT molecular complexity index is 769.